The SMILES string of the molecule is O=S(=O)(O)c1cc(S(=O)(=O)O)c2c(N=Nc3ccc(S(=O)(=O)O)c4ccccc34)c(O)ccc2c1.[Al]. The predicted molar refractivity (Wildman–Crippen MR) is 129 cm³/mol. The van der Waals surface area contributed by atoms with Crippen molar-refractivity contribution >= 4 is 80.6 Å². The van der Waals surface area contributed by atoms with Crippen LogP contribution in [0.15, 0.2) is 85.6 Å². The summed E-state index contributed by atoms with van der Waals surface area (Å²) in [6, 6.07) is 11.9. The van der Waals surface area contributed by atoms with Crippen molar-refractivity contribution in [1.82, 2.24) is 0 Å². The van der Waals surface area contributed by atoms with Gasteiger partial charge < -0.3 is 5.11 Å². The summed E-state index contributed by atoms with van der Waals surface area (Å²) >= 11 is 0. The van der Waals surface area contributed by atoms with E-state index in [2.05, 4.69) is 10.2 Å². The Kier molecular flexibility index (Phi) is 7.30. The lowest BCUT2D eigenvalue weighted by Gasteiger charge is -2.10. The van der Waals surface area contributed by atoms with E-state index in [1.54, 1.807) is 6.07 Å². The normalized spacial score (nSPS) is 12.8. The molecule has 0 atom stereocenters. The summed E-state index contributed by atoms with van der Waals surface area (Å²) in [6.07, 6.45) is 0. The van der Waals surface area contributed by atoms with Crippen LogP contribution in [0.4, 0.5) is 11.4 Å². The van der Waals surface area contributed by atoms with Crippen LogP contribution < -0.4 is 0 Å². The zero-order valence-electron chi connectivity index (χ0n) is 17.7. The molecule has 0 aliphatic rings. The summed E-state index contributed by atoms with van der Waals surface area (Å²) in [5.74, 6) is -0.579. The second kappa shape index (κ2) is 9.50. The minimum absolute atomic E-state index is 0. The van der Waals surface area contributed by atoms with Gasteiger partial charge in [-0.3, -0.25) is 13.7 Å². The third-order valence-corrected chi connectivity index (χ3v) is 7.60. The number of benzene rings is 4. The second-order valence-corrected chi connectivity index (χ2v) is 11.4. The number of nitrogens with zero attached hydrogens (tertiary/aromatic N) is 2. The highest BCUT2D eigenvalue weighted by molar-refractivity contribution is 7.87. The number of phenols is 1. The van der Waals surface area contributed by atoms with E-state index in [1.807, 2.05) is 0 Å². The molecule has 0 fully saturated rings. The highest BCUT2D eigenvalue weighted by Gasteiger charge is 2.24. The van der Waals surface area contributed by atoms with Crippen LogP contribution in [0, 0.1) is 0 Å². The van der Waals surface area contributed by atoms with Gasteiger partial charge in [0.25, 0.3) is 30.4 Å². The zero-order valence-corrected chi connectivity index (χ0v) is 21.3. The number of aromatic hydroxyl groups is 1. The van der Waals surface area contributed by atoms with Crippen LogP contribution in [0.25, 0.3) is 21.5 Å². The first-order valence-electron chi connectivity index (χ1n) is 9.33. The minimum Gasteiger partial charge on any atom is -0.506 e. The Labute approximate surface area is 215 Å². The number of azo groups is 1. The Morgan fingerprint density at radius 1 is 0.639 bits per heavy atom. The predicted octanol–water partition coefficient (Wildman–Crippen LogP) is 3.47. The van der Waals surface area contributed by atoms with Crippen LogP contribution in [0.5, 0.6) is 5.75 Å². The van der Waals surface area contributed by atoms with Gasteiger partial charge in [-0.2, -0.15) is 25.3 Å². The van der Waals surface area contributed by atoms with Crippen LogP contribution in [-0.2, 0) is 30.4 Å². The Hall–Kier alpha value is -2.94. The highest BCUT2D eigenvalue weighted by Crippen LogP contribution is 2.41. The molecule has 4 rings (SSSR count). The number of phenolic OH excluding ortho intramolecular Hbond substituents is 1. The summed E-state index contributed by atoms with van der Waals surface area (Å²) in [6.45, 7) is 0. The molecule has 3 radical (unpaired) electrons. The minimum atomic E-state index is -5.07. The van der Waals surface area contributed by atoms with E-state index in [-0.39, 0.29) is 49.5 Å². The maximum absolute atomic E-state index is 12.0. The molecular weight excluding hydrogens is 551 g/mol. The third kappa shape index (κ3) is 5.26. The molecule has 16 heteroatoms. The maximum atomic E-state index is 12.0. The average Bonchev–Trinajstić information content (AvgIpc) is 2.75. The van der Waals surface area contributed by atoms with E-state index in [1.165, 1.54) is 24.3 Å². The quantitative estimate of drug-likeness (QED) is 0.157. The van der Waals surface area contributed by atoms with Gasteiger partial charge in [-0.1, -0.05) is 30.3 Å². The van der Waals surface area contributed by atoms with Crippen molar-refractivity contribution in [2.75, 3.05) is 0 Å². The van der Waals surface area contributed by atoms with Crippen molar-refractivity contribution < 1.29 is 44.0 Å². The van der Waals surface area contributed by atoms with Crippen molar-refractivity contribution in [2.45, 2.75) is 14.7 Å². The maximum Gasteiger partial charge on any atom is 0.295 e. The van der Waals surface area contributed by atoms with E-state index < -0.39 is 51.6 Å². The number of rotatable bonds is 5. The van der Waals surface area contributed by atoms with E-state index in [0.717, 1.165) is 24.3 Å². The fraction of sp³-hybridized carbons (Fsp3) is 0. The lowest BCUT2D eigenvalue weighted by atomic mass is 10.1. The third-order valence-electron chi connectivity index (χ3n) is 4.98. The van der Waals surface area contributed by atoms with Gasteiger partial charge in [0, 0.05) is 33.5 Å². The van der Waals surface area contributed by atoms with Crippen molar-refractivity contribution in [1.29, 1.82) is 0 Å². The molecule has 12 nitrogen and oxygen atoms in total. The second-order valence-electron chi connectivity index (χ2n) is 7.21. The smallest absolute Gasteiger partial charge is 0.295 e. The average molecular weight is 566 g/mol. The number of hydrogen-bond donors (Lipinski definition) is 4. The van der Waals surface area contributed by atoms with Crippen LogP contribution in [0.1, 0.15) is 0 Å². The first-order valence-corrected chi connectivity index (χ1v) is 13.7. The van der Waals surface area contributed by atoms with Gasteiger partial charge in [-0.05, 0) is 35.7 Å². The molecule has 0 heterocycles. The molecule has 36 heavy (non-hydrogen) atoms. The van der Waals surface area contributed by atoms with Gasteiger partial charge in [-0.15, -0.1) is 10.2 Å². The molecule has 0 unspecified atom stereocenters. The van der Waals surface area contributed by atoms with Gasteiger partial charge in [0.15, 0.2) is 0 Å². The van der Waals surface area contributed by atoms with E-state index in [4.69, 9.17) is 0 Å². The molecule has 4 aromatic rings. The Morgan fingerprint density at radius 3 is 1.83 bits per heavy atom. The lowest BCUT2D eigenvalue weighted by Crippen LogP contribution is -2.04. The number of hydrogen-bond acceptors (Lipinski definition) is 9. The summed E-state index contributed by atoms with van der Waals surface area (Å²) in [7, 11) is -14.5. The van der Waals surface area contributed by atoms with Gasteiger partial charge in [-0.25, -0.2) is 0 Å². The molecule has 0 spiro atoms. The van der Waals surface area contributed by atoms with E-state index in [0.29, 0.717) is 6.07 Å². The molecule has 0 bridgehead atoms. The molecule has 0 saturated heterocycles. The standard InChI is InChI=1S/C20H14N2O10S3.Al/c23-16-7-5-11-9-12(33(24,25)26)10-18(35(30,31)32)19(11)20(16)22-21-15-6-8-17(34(27,28)29)14-4-2-1-3-13(14)15;/h1-10,23H,(H,24,25,26)(H,27,28,29)(H,30,31,32);. The van der Waals surface area contributed by atoms with Crippen LogP contribution in [0.2, 0.25) is 0 Å². The van der Waals surface area contributed by atoms with Gasteiger partial charge in [0.1, 0.15) is 21.2 Å². The largest absolute Gasteiger partial charge is 0.506 e. The van der Waals surface area contributed by atoms with Crippen LogP contribution in [0.3, 0.4) is 0 Å². The summed E-state index contributed by atoms with van der Waals surface area (Å²) in [5.41, 5.74) is -0.382. The highest BCUT2D eigenvalue weighted by atomic mass is 32.2. The molecule has 0 aliphatic carbocycles. The summed E-state index contributed by atoms with van der Waals surface area (Å²) in [5, 5.41) is 18.1. The molecule has 0 amide bonds. The van der Waals surface area contributed by atoms with E-state index in [9.17, 15) is 44.0 Å². The molecule has 0 saturated carbocycles. The molecule has 185 valence electrons. The zero-order chi connectivity index (χ0) is 25.8. The van der Waals surface area contributed by atoms with Crippen LogP contribution in [-0.4, -0.2) is 61.4 Å². The van der Waals surface area contributed by atoms with Crippen molar-refractivity contribution in [3.8, 4) is 5.75 Å². The molecule has 4 N–H and O–H groups in total. The number of fused-ring (bicyclic) bond motifs is 2. The molecule has 0 aromatic heterocycles. The Morgan fingerprint density at radius 2 is 1.25 bits per heavy atom. The first-order chi connectivity index (χ1) is 16.2. The summed E-state index contributed by atoms with van der Waals surface area (Å²) < 4.78 is 99.0. The fourth-order valence-electron chi connectivity index (χ4n) is 3.50. The Balaban J connectivity index is 0.00000361. The summed E-state index contributed by atoms with van der Waals surface area (Å²) in [4.78, 5) is -2.16. The van der Waals surface area contributed by atoms with Gasteiger partial charge in [0.05, 0.1) is 10.6 Å². The van der Waals surface area contributed by atoms with Gasteiger partial charge in [0.2, 0.25) is 0 Å². The first kappa shape index (κ1) is 27.6. The molecule has 0 aliphatic heterocycles. The molecular formula is C20H14AlN2O10S3. The van der Waals surface area contributed by atoms with Crippen molar-refractivity contribution in [3.63, 3.8) is 0 Å². The van der Waals surface area contributed by atoms with Crippen molar-refractivity contribution in [3.05, 3.63) is 60.7 Å². The van der Waals surface area contributed by atoms with Gasteiger partial charge >= 0.3 is 0 Å². The Bertz CT molecular complexity index is 1890. The lowest BCUT2D eigenvalue weighted by molar-refractivity contribution is 0.476. The fourth-order valence-corrected chi connectivity index (χ4v) is 5.56. The monoisotopic (exact) mass is 565 g/mol. The molecule has 4 aromatic carbocycles. The van der Waals surface area contributed by atoms with E-state index >= 15 is 0 Å². The van der Waals surface area contributed by atoms with Crippen LogP contribution >= 0.6 is 0 Å². The topological polar surface area (TPSA) is 208 Å². The van der Waals surface area contributed by atoms with Crippen molar-refractivity contribution in [2.24, 2.45) is 10.2 Å².